The van der Waals surface area contributed by atoms with Gasteiger partial charge in [-0.15, -0.1) is 23.1 Å². The van der Waals surface area contributed by atoms with Crippen molar-refractivity contribution >= 4 is 39.3 Å². The number of aryl methyl sites for hydroxylation is 1. The van der Waals surface area contributed by atoms with Crippen LogP contribution in [0.4, 0.5) is 0 Å². The van der Waals surface area contributed by atoms with E-state index in [9.17, 15) is 4.79 Å². The summed E-state index contributed by atoms with van der Waals surface area (Å²) in [5.74, 6) is 0.648. The Morgan fingerprint density at radius 3 is 2.83 bits per heavy atom. The van der Waals surface area contributed by atoms with Crippen molar-refractivity contribution in [2.75, 3.05) is 12.4 Å². The first kappa shape index (κ1) is 16.7. The number of thiophene rings is 1. The van der Waals surface area contributed by atoms with E-state index in [-0.39, 0.29) is 5.56 Å². The molecule has 0 spiro atoms. The van der Waals surface area contributed by atoms with Gasteiger partial charge in [-0.3, -0.25) is 0 Å². The van der Waals surface area contributed by atoms with Gasteiger partial charge in [0, 0.05) is 16.0 Å². The third-order valence-electron chi connectivity index (χ3n) is 3.31. The van der Waals surface area contributed by atoms with Crippen molar-refractivity contribution < 1.29 is 14.6 Å². The van der Waals surface area contributed by atoms with Gasteiger partial charge in [0.25, 0.3) is 0 Å². The fraction of sp³-hybridized carbons (Fsp3) is 0.235. The van der Waals surface area contributed by atoms with Gasteiger partial charge in [-0.25, -0.2) is 14.8 Å². The number of carboxylic acid groups (broad SMARTS) is 1. The molecule has 0 saturated carbocycles. The van der Waals surface area contributed by atoms with Gasteiger partial charge in [0.2, 0.25) is 0 Å². The molecule has 0 unspecified atom stereocenters. The molecule has 2 aromatic heterocycles. The highest BCUT2D eigenvalue weighted by atomic mass is 32.2. The first-order chi connectivity index (χ1) is 11.6. The number of carbonyl (C=O) groups is 1. The predicted molar refractivity (Wildman–Crippen MR) is 96.4 cm³/mol. The fourth-order valence-electron chi connectivity index (χ4n) is 2.18. The molecule has 0 aliphatic carbocycles. The summed E-state index contributed by atoms with van der Waals surface area (Å²) < 4.78 is 5.63. The third-order valence-corrected chi connectivity index (χ3v) is 5.36. The quantitative estimate of drug-likeness (QED) is 0.386. The molecular weight excluding hydrogens is 344 g/mol. The van der Waals surface area contributed by atoms with E-state index in [1.165, 1.54) is 4.88 Å². The molecule has 7 heteroatoms. The number of aromatic nitrogens is 2. The van der Waals surface area contributed by atoms with Gasteiger partial charge in [-0.2, -0.15) is 0 Å². The third kappa shape index (κ3) is 4.04. The summed E-state index contributed by atoms with van der Waals surface area (Å²) in [7, 11) is 0. The van der Waals surface area contributed by atoms with Crippen molar-refractivity contribution in [3.63, 3.8) is 0 Å². The van der Waals surface area contributed by atoms with Crippen molar-refractivity contribution in [1.82, 2.24) is 9.97 Å². The molecular formula is C17H16N2O3S2. The van der Waals surface area contributed by atoms with Crippen LogP contribution in [0.1, 0.15) is 21.7 Å². The van der Waals surface area contributed by atoms with Crippen molar-refractivity contribution in [2.24, 2.45) is 0 Å². The standard InChI is InChI=1S/C17H16N2O3S2/c1-11-9-14-15(18-10-19-16(14)24-11)23-8-2-7-22-13-5-3-12(4-6-13)17(20)21/h3-6,9-10H,2,7-8H2,1H3,(H,20,21). The molecule has 124 valence electrons. The van der Waals surface area contributed by atoms with Crippen molar-refractivity contribution in [3.05, 3.63) is 47.1 Å². The molecule has 3 aromatic rings. The number of nitrogens with zero attached hydrogens (tertiary/aromatic N) is 2. The van der Waals surface area contributed by atoms with Crippen LogP contribution in [-0.2, 0) is 0 Å². The second kappa shape index (κ2) is 7.63. The van der Waals surface area contributed by atoms with Crippen LogP contribution >= 0.6 is 23.1 Å². The lowest BCUT2D eigenvalue weighted by molar-refractivity contribution is 0.0697. The van der Waals surface area contributed by atoms with Crippen molar-refractivity contribution in [1.29, 1.82) is 0 Å². The number of hydrogen-bond donors (Lipinski definition) is 1. The maximum atomic E-state index is 10.8. The van der Waals surface area contributed by atoms with Crippen LogP contribution < -0.4 is 4.74 Å². The summed E-state index contributed by atoms with van der Waals surface area (Å²) in [6.07, 6.45) is 2.49. The summed E-state index contributed by atoms with van der Waals surface area (Å²) in [6.45, 7) is 2.65. The Morgan fingerprint density at radius 2 is 2.08 bits per heavy atom. The molecule has 1 N–H and O–H groups in total. The monoisotopic (exact) mass is 360 g/mol. The maximum absolute atomic E-state index is 10.8. The van der Waals surface area contributed by atoms with Crippen LogP contribution in [0.3, 0.4) is 0 Å². The number of ether oxygens (including phenoxy) is 1. The molecule has 0 aliphatic heterocycles. The van der Waals surface area contributed by atoms with E-state index in [4.69, 9.17) is 9.84 Å². The van der Waals surface area contributed by atoms with E-state index in [0.717, 1.165) is 27.4 Å². The molecule has 24 heavy (non-hydrogen) atoms. The summed E-state index contributed by atoms with van der Waals surface area (Å²) in [5, 5.41) is 11.0. The molecule has 3 rings (SSSR count). The highest BCUT2D eigenvalue weighted by molar-refractivity contribution is 7.99. The average Bonchev–Trinajstić information content (AvgIpc) is 2.96. The van der Waals surface area contributed by atoms with Gasteiger partial charge in [0.05, 0.1) is 12.2 Å². The van der Waals surface area contributed by atoms with Crippen LogP contribution in [0.5, 0.6) is 5.75 Å². The topological polar surface area (TPSA) is 72.3 Å². The highest BCUT2D eigenvalue weighted by Crippen LogP contribution is 2.30. The molecule has 0 bridgehead atoms. The number of aromatic carboxylic acids is 1. The van der Waals surface area contributed by atoms with Crippen LogP contribution in [0.15, 0.2) is 41.7 Å². The Kier molecular flexibility index (Phi) is 5.32. The molecule has 1 aromatic carbocycles. The summed E-state index contributed by atoms with van der Waals surface area (Å²) in [5.41, 5.74) is 0.261. The number of hydrogen-bond acceptors (Lipinski definition) is 6. The van der Waals surface area contributed by atoms with E-state index >= 15 is 0 Å². The van der Waals surface area contributed by atoms with E-state index in [1.54, 1.807) is 53.7 Å². The van der Waals surface area contributed by atoms with Gasteiger partial charge >= 0.3 is 5.97 Å². The predicted octanol–water partition coefficient (Wildman–Crippen LogP) is 4.26. The van der Waals surface area contributed by atoms with Gasteiger partial charge in [-0.05, 0) is 43.7 Å². The number of carboxylic acids is 1. The van der Waals surface area contributed by atoms with E-state index in [0.29, 0.717) is 12.4 Å². The first-order valence-electron chi connectivity index (χ1n) is 7.43. The zero-order valence-corrected chi connectivity index (χ0v) is 14.7. The van der Waals surface area contributed by atoms with Crippen LogP contribution in [0.25, 0.3) is 10.2 Å². The Labute approximate surface area is 147 Å². The lowest BCUT2D eigenvalue weighted by Gasteiger charge is -2.06. The van der Waals surface area contributed by atoms with Gasteiger partial charge in [-0.1, -0.05) is 0 Å². The summed E-state index contributed by atoms with van der Waals surface area (Å²) in [6, 6.07) is 8.58. The highest BCUT2D eigenvalue weighted by Gasteiger charge is 2.07. The van der Waals surface area contributed by atoms with Crippen molar-refractivity contribution in [2.45, 2.75) is 18.4 Å². The number of benzene rings is 1. The normalized spacial score (nSPS) is 10.9. The molecule has 0 atom stereocenters. The summed E-state index contributed by atoms with van der Waals surface area (Å²) in [4.78, 5) is 21.7. The minimum absolute atomic E-state index is 0.261. The van der Waals surface area contributed by atoms with Gasteiger partial charge < -0.3 is 9.84 Å². The lowest BCUT2D eigenvalue weighted by atomic mass is 10.2. The SMILES string of the molecule is Cc1cc2c(SCCCOc3ccc(C(=O)O)cc3)ncnc2s1. The Morgan fingerprint density at radius 1 is 1.29 bits per heavy atom. The minimum Gasteiger partial charge on any atom is -0.494 e. The smallest absolute Gasteiger partial charge is 0.335 e. The van der Waals surface area contributed by atoms with E-state index in [1.807, 2.05) is 0 Å². The molecule has 0 aliphatic rings. The molecule has 0 fully saturated rings. The van der Waals surface area contributed by atoms with E-state index < -0.39 is 5.97 Å². The van der Waals surface area contributed by atoms with Crippen LogP contribution in [0.2, 0.25) is 0 Å². The average molecular weight is 360 g/mol. The second-order valence-electron chi connectivity index (χ2n) is 5.13. The largest absolute Gasteiger partial charge is 0.494 e. The minimum atomic E-state index is -0.933. The van der Waals surface area contributed by atoms with Crippen LogP contribution in [-0.4, -0.2) is 33.4 Å². The van der Waals surface area contributed by atoms with Gasteiger partial charge in [0.15, 0.2) is 0 Å². The molecule has 5 nitrogen and oxygen atoms in total. The lowest BCUT2D eigenvalue weighted by Crippen LogP contribution is -2.00. The summed E-state index contributed by atoms with van der Waals surface area (Å²) >= 11 is 3.38. The molecule has 0 radical (unpaired) electrons. The second-order valence-corrected chi connectivity index (χ2v) is 7.45. The van der Waals surface area contributed by atoms with Gasteiger partial charge in [0.1, 0.15) is 21.9 Å². The Hall–Kier alpha value is -2.12. The zero-order chi connectivity index (χ0) is 16.9. The molecule has 0 saturated heterocycles. The molecule has 0 amide bonds. The fourth-order valence-corrected chi connectivity index (χ4v) is 3.98. The first-order valence-corrected chi connectivity index (χ1v) is 9.24. The molecule has 2 heterocycles. The van der Waals surface area contributed by atoms with E-state index in [2.05, 4.69) is 23.0 Å². The number of thioether (sulfide) groups is 1. The Bertz CT molecular complexity index is 847. The van der Waals surface area contributed by atoms with Crippen molar-refractivity contribution in [3.8, 4) is 5.75 Å². The van der Waals surface area contributed by atoms with Crippen LogP contribution in [0, 0.1) is 6.92 Å². The number of rotatable bonds is 7. The Balaban J connectivity index is 1.47. The number of fused-ring (bicyclic) bond motifs is 1. The zero-order valence-electron chi connectivity index (χ0n) is 13.1. The maximum Gasteiger partial charge on any atom is 0.335 e.